The number of aryl methyl sites for hydroxylation is 2. The molecular weight excluding hydrogens is 270 g/mol. The highest BCUT2D eigenvalue weighted by atomic mass is 15.3. The molecule has 0 aliphatic carbocycles. The molecule has 3 rings (SSSR count). The summed E-state index contributed by atoms with van der Waals surface area (Å²) in [4.78, 5) is 2.68. The van der Waals surface area contributed by atoms with E-state index in [1.54, 1.807) is 0 Å². The van der Waals surface area contributed by atoms with E-state index in [1.807, 2.05) is 23.1 Å². The van der Waals surface area contributed by atoms with Crippen molar-refractivity contribution in [1.29, 1.82) is 0 Å². The van der Waals surface area contributed by atoms with E-state index < -0.39 is 0 Å². The van der Waals surface area contributed by atoms with Gasteiger partial charge in [-0.25, -0.2) is 0 Å². The second kappa shape index (κ2) is 7.59. The van der Waals surface area contributed by atoms with Gasteiger partial charge < -0.3 is 0 Å². The SMILES string of the molecule is Cc1cccc(C2CCCN2CCCCCn2cccn2)c1. The molecule has 1 saturated heterocycles. The maximum Gasteiger partial charge on any atom is 0.0489 e. The van der Waals surface area contributed by atoms with Crippen molar-refractivity contribution in [3.05, 3.63) is 53.9 Å². The van der Waals surface area contributed by atoms with Crippen LogP contribution in [0.2, 0.25) is 0 Å². The van der Waals surface area contributed by atoms with Crippen molar-refractivity contribution in [3.8, 4) is 0 Å². The quantitative estimate of drug-likeness (QED) is 0.714. The standard InChI is InChI=1S/C19H27N3/c1-17-8-5-9-18(16-17)19-10-6-13-21(19)12-3-2-4-14-22-15-7-11-20-22/h5,7-9,11,15-16,19H,2-4,6,10,12-14H2,1H3. The molecule has 1 atom stereocenters. The summed E-state index contributed by atoms with van der Waals surface area (Å²) in [7, 11) is 0. The van der Waals surface area contributed by atoms with Crippen molar-refractivity contribution >= 4 is 0 Å². The summed E-state index contributed by atoms with van der Waals surface area (Å²) in [6.45, 7) is 5.74. The number of hydrogen-bond donors (Lipinski definition) is 0. The molecular formula is C19H27N3. The van der Waals surface area contributed by atoms with E-state index in [-0.39, 0.29) is 0 Å². The van der Waals surface area contributed by atoms with Gasteiger partial charge >= 0.3 is 0 Å². The first kappa shape index (κ1) is 15.3. The third-order valence-electron chi connectivity index (χ3n) is 4.68. The average Bonchev–Trinajstić information content (AvgIpc) is 3.18. The van der Waals surface area contributed by atoms with Gasteiger partial charge in [-0.3, -0.25) is 9.58 Å². The van der Waals surface area contributed by atoms with Crippen LogP contribution in [0.15, 0.2) is 42.7 Å². The van der Waals surface area contributed by atoms with Gasteiger partial charge in [0.05, 0.1) is 0 Å². The van der Waals surface area contributed by atoms with Gasteiger partial charge in [0.1, 0.15) is 0 Å². The summed E-state index contributed by atoms with van der Waals surface area (Å²) in [5.74, 6) is 0. The number of likely N-dealkylation sites (tertiary alicyclic amines) is 1. The lowest BCUT2D eigenvalue weighted by Gasteiger charge is -2.25. The fraction of sp³-hybridized carbons (Fsp3) is 0.526. The lowest BCUT2D eigenvalue weighted by molar-refractivity contribution is 0.250. The molecule has 3 nitrogen and oxygen atoms in total. The van der Waals surface area contributed by atoms with Gasteiger partial charge in [0, 0.05) is 25.0 Å². The van der Waals surface area contributed by atoms with Crippen molar-refractivity contribution in [2.45, 2.75) is 51.6 Å². The van der Waals surface area contributed by atoms with Crippen LogP contribution in [-0.4, -0.2) is 27.8 Å². The van der Waals surface area contributed by atoms with E-state index in [4.69, 9.17) is 0 Å². The van der Waals surface area contributed by atoms with Crippen molar-refractivity contribution in [1.82, 2.24) is 14.7 Å². The Morgan fingerprint density at radius 1 is 1.14 bits per heavy atom. The van der Waals surface area contributed by atoms with Crippen LogP contribution in [0.4, 0.5) is 0 Å². The molecule has 22 heavy (non-hydrogen) atoms. The molecule has 0 amide bonds. The first-order valence-electron chi connectivity index (χ1n) is 8.61. The van der Waals surface area contributed by atoms with E-state index in [9.17, 15) is 0 Å². The fourth-order valence-electron chi connectivity index (χ4n) is 3.55. The van der Waals surface area contributed by atoms with E-state index in [0.717, 1.165) is 6.54 Å². The Hall–Kier alpha value is -1.61. The molecule has 2 heterocycles. The zero-order valence-electron chi connectivity index (χ0n) is 13.6. The topological polar surface area (TPSA) is 21.1 Å². The van der Waals surface area contributed by atoms with Crippen LogP contribution in [-0.2, 0) is 6.54 Å². The van der Waals surface area contributed by atoms with Gasteiger partial charge in [-0.15, -0.1) is 0 Å². The molecule has 1 aromatic carbocycles. The molecule has 0 radical (unpaired) electrons. The average molecular weight is 297 g/mol. The minimum absolute atomic E-state index is 0.644. The highest BCUT2D eigenvalue weighted by Crippen LogP contribution is 2.32. The van der Waals surface area contributed by atoms with Gasteiger partial charge in [0.25, 0.3) is 0 Å². The Morgan fingerprint density at radius 3 is 2.86 bits per heavy atom. The molecule has 1 unspecified atom stereocenters. The summed E-state index contributed by atoms with van der Waals surface area (Å²) in [5, 5.41) is 4.26. The molecule has 3 heteroatoms. The molecule has 0 bridgehead atoms. The van der Waals surface area contributed by atoms with Crippen molar-refractivity contribution in [3.63, 3.8) is 0 Å². The number of unbranched alkanes of at least 4 members (excludes halogenated alkanes) is 2. The number of nitrogens with zero attached hydrogens (tertiary/aromatic N) is 3. The van der Waals surface area contributed by atoms with Crippen LogP contribution in [0.5, 0.6) is 0 Å². The largest absolute Gasteiger partial charge is 0.296 e. The van der Waals surface area contributed by atoms with Crippen LogP contribution in [0.25, 0.3) is 0 Å². The minimum atomic E-state index is 0.644. The van der Waals surface area contributed by atoms with E-state index in [1.165, 1.54) is 56.3 Å². The Kier molecular flexibility index (Phi) is 5.28. The second-order valence-electron chi connectivity index (χ2n) is 6.44. The van der Waals surface area contributed by atoms with E-state index >= 15 is 0 Å². The summed E-state index contributed by atoms with van der Waals surface area (Å²) in [5.41, 5.74) is 2.89. The smallest absolute Gasteiger partial charge is 0.0489 e. The Labute approximate surface area is 133 Å². The highest BCUT2D eigenvalue weighted by Gasteiger charge is 2.25. The minimum Gasteiger partial charge on any atom is -0.296 e. The summed E-state index contributed by atoms with van der Waals surface area (Å²) < 4.78 is 2.03. The summed E-state index contributed by atoms with van der Waals surface area (Å²) in [6.07, 6.45) is 10.4. The lowest BCUT2D eigenvalue weighted by atomic mass is 10.0. The molecule has 118 valence electrons. The van der Waals surface area contributed by atoms with Crippen LogP contribution in [0.3, 0.4) is 0 Å². The molecule has 1 aliphatic heterocycles. The zero-order chi connectivity index (χ0) is 15.2. The van der Waals surface area contributed by atoms with Crippen LogP contribution in [0.1, 0.15) is 49.3 Å². The summed E-state index contributed by atoms with van der Waals surface area (Å²) in [6, 6.07) is 11.7. The molecule has 0 spiro atoms. The van der Waals surface area contributed by atoms with Crippen LogP contribution >= 0.6 is 0 Å². The van der Waals surface area contributed by atoms with E-state index in [2.05, 4.69) is 41.2 Å². The zero-order valence-corrected chi connectivity index (χ0v) is 13.6. The summed E-state index contributed by atoms with van der Waals surface area (Å²) >= 11 is 0. The van der Waals surface area contributed by atoms with Gasteiger partial charge in [0.15, 0.2) is 0 Å². The number of rotatable bonds is 7. The molecule has 0 N–H and O–H groups in total. The Morgan fingerprint density at radius 2 is 2.05 bits per heavy atom. The third-order valence-corrected chi connectivity index (χ3v) is 4.68. The molecule has 1 aliphatic rings. The van der Waals surface area contributed by atoms with Gasteiger partial charge in [-0.2, -0.15) is 5.10 Å². The molecule has 2 aromatic rings. The number of benzene rings is 1. The van der Waals surface area contributed by atoms with Crippen LogP contribution < -0.4 is 0 Å². The maximum atomic E-state index is 4.26. The number of aromatic nitrogens is 2. The normalized spacial score (nSPS) is 18.9. The predicted molar refractivity (Wildman–Crippen MR) is 90.8 cm³/mol. The maximum absolute atomic E-state index is 4.26. The fourth-order valence-corrected chi connectivity index (χ4v) is 3.55. The number of hydrogen-bond acceptors (Lipinski definition) is 2. The Balaban J connectivity index is 1.43. The molecule has 1 fully saturated rings. The van der Waals surface area contributed by atoms with Crippen molar-refractivity contribution < 1.29 is 0 Å². The van der Waals surface area contributed by atoms with Gasteiger partial charge in [-0.05, 0) is 57.3 Å². The van der Waals surface area contributed by atoms with E-state index in [0.29, 0.717) is 6.04 Å². The predicted octanol–water partition coefficient (Wildman–Crippen LogP) is 4.20. The van der Waals surface area contributed by atoms with Crippen LogP contribution in [0, 0.1) is 6.92 Å². The van der Waals surface area contributed by atoms with Gasteiger partial charge in [-0.1, -0.05) is 36.2 Å². The molecule has 1 aromatic heterocycles. The van der Waals surface area contributed by atoms with Crippen molar-refractivity contribution in [2.75, 3.05) is 13.1 Å². The monoisotopic (exact) mass is 297 g/mol. The third kappa shape index (κ3) is 3.98. The molecule has 0 saturated carbocycles. The second-order valence-corrected chi connectivity index (χ2v) is 6.44. The first-order valence-corrected chi connectivity index (χ1v) is 8.61. The Bertz CT molecular complexity index is 562. The van der Waals surface area contributed by atoms with Crippen molar-refractivity contribution in [2.24, 2.45) is 0 Å². The highest BCUT2D eigenvalue weighted by molar-refractivity contribution is 5.25. The van der Waals surface area contributed by atoms with Gasteiger partial charge in [0.2, 0.25) is 0 Å². The lowest BCUT2D eigenvalue weighted by Crippen LogP contribution is -2.24. The first-order chi connectivity index (χ1) is 10.8.